The molecular weight excluding hydrogens is 348 g/mol. The first-order valence-corrected chi connectivity index (χ1v) is 10.4. The van der Waals surface area contributed by atoms with E-state index in [1.807, 2.05) is 29.1 Å². The largest absolute Gasteiger partial charge is 0.357 e. The quantitative estimate of drug-likeness (QED) is 0.488. The molecule has 0 spiro atoms. The standard InChI is InChI=1S/C22H36N6/c1-6-23-22(25-14-15-27(18(2)3)19(4)5)24-13-12-20-16-26-28(17-20)21-10-8-7-9-11-21/h7-11,16-19H,6,12-15H2,1-5H3,(H2,23,24,25). The highest BCUT2D eigenvalue weighted by atomic mass is 15.3. The van der Waals surface area contributed by atoms with Crippen LogP contribution in [0, 0.1) is 0 Å². The zero-order valence-electron chi connectivity index (χ0n) is 18.0. The van der Waals surface area contributed by atoms with Crippen molar-refractivity contribution in [3.63, 3.8) is 0 Å². The van der Waals surface area contributed by atoms with Crippen molar-refractivity contribution in [1.82, 2.24) is 25.3 Å². The minimum Gasteiger partial charge on any atom is -0.357 e. The van der Waals surface area contributed by atoms with Crippen LogP contribution in [0.4, 0.5) is 0 Å². The molecule has 0 aliphatic carbocycles. The Labute approximate surface area is 170 Å². The molecule has 0 saturated heterocycles. The second kappa shape index (κ2) is 11.5. The summed E-state index contributed by atoms with van der Waals surface area (Å²) in [6, 6.07) is 11.2. The molecule has 0 radical (unpaired) electrons. The molecule has 0 unspecified atom stereocenters. The van der Waals surface area contributed by atoms with Crippen LogP contribution in [-0.4, -0.2) is 58.9 Å². The number of para-hydroxylation sites is 1. The first kappa shape index (κ1) is 22.0. The fraction of sp³-hybridized carbons (Fsp3) is 0.545. The van der Waals surface area contributed by atoms with Gasteiger partial charge in [-0.05, 0) is 58.7 Å². The Bertz CT molecular complexity index is 697. The van der Waals surface area contributed by atoms with Crippen LogP contribution < -0.4 is 10.6 Å². The summed E-state index contributed by atoms with van der Waals surface area (Å²) in [5, 5.41) is 11.2. The summed E-state index contributed by atoms with van der Waals surface area (Å²) in [7, 11) is 0. The zero-order valence-corrected chi connectivity index (χ0v) is 18.0. The normalized spacial score (nSPS) is 12.2. The van der Waals surface area contributed by atoms with Crippen molar-refractivity contribution < 1.29 is 0 Å². The van der Waals surface area contributed by atoms with E-state index < -0.39 is 0 Å². The van der Waals surface area contributed by atoms with E-state index >= 15 is 0 Å². The number of nitrogens with one attached hydrogen (secondary N) is 2. The lowest BCUT2D eigenvalue weighted by Crippen LogP contribution is -2.41. The van der Waals surface area contributed by atoms with Crippen LogP contribution in [0.3, 0.4) is 0 Å². The summed E-state index contributed by atoms with van der Waals surface area (Å²) in [4.78, 5) is 7.20. The topological polar surface area (TPSA) is 57.5 Å². The number of nitrogens with zero attached hydrogens (tertiary/aromatic N) is 4. The first-order valence-electron chi connectivity index (χ1n) is 10.4. The third-order valence-corrected chi connectivity index (χ3v) is 4.66. The Morgan fingerprint density at radius 2 is 1.82 bits per heavy atom. The minimum atomic E-state index is 0.534. The van der Waals surface area contributed by atoms with E-state index in [1.165, 1.54) is 5.56 Å². The molecule has 0 amide bonds. The molecule has 154 valence electrons. The first-order chi connectivity index (χ1) is 13.5. The molecule has 2 rings (SSSR count). The van der Waals surface area contributed by atoms with Gasteiger partial charge in [-0.15, -0.1) is 0 Å². The predicted octanol–water partition coefficient (Wildman–Crippen LogP) is 3.09. The number of hydrogen-bond acceptors (Lipinski definition) is 3. The summed E-state index contributed by atoms with van der Waals surface area (Å²) in [6.07, 6.45) is 4.92. The van der Waals surface area contributed by atoms with Gasteiger partial charge in [0.25, 0.3) is 0 Å². The second-order valence-electron chi connectivity index (χ2n) is 7.49. The molecular formula is C22H36N6. The van der Waals surface area contributed by atoms with E-state index in [0.717, 1.165) is 44.2 Å². The molecule has 28 heavy (non-hydrogen) atoms. The van der Waals surface area contributed by atoms with E-state index in [1.54, 1.807) is 0 Å². The Morgan fingerprint density at radius 1 is 1.11 bits per heavy atom. The van der Waals surface area contributed by atoms with Gasteiger partial charge in [0.15, 0.2) is 5.96 Å². The van der Waals surface area contributed by atoms with Gasteiger partial charge in [0, 0.05) is 37.9 Å². The van der Waals surface area contributed by atoms with E-state index in [4.69, 9.17) is 4.99 Å². The summed E-state index contributed by atoms with van der Waals surface area (Å²) >= 11 is 0. The molecule has 2 N–H and O–H groups in total. The molecule has 6 nitrogen and oxygen atoms in total. The highest BCUT2D eigenvalue weighted by molar-refractivity contribution is 5.79. The summed E-state index contributed by atoms with van der Waals surface area (Å²) in [5.74, 6) is 0.880. The lowest BCUT2D eigenvalue weighted by atomic mass is 10.2. The van der Waals surface area contributed by atoms with Crippen molar-refractivity contribution >= 4 is 5.96 Å². The molecule has 1 aromatic heterocycles. The van der Waals surface area contributed by atoms with Gasteiger partial charge in [0.2, 0.25) is 0 Å². The smallest absolute Gasteiger partial charge is 0.191 e. The molecule has 2 aromatic rings. The van der Waals surface area contributed by atoms with Gasteiger partial charge in [-0.3, -0.25) is 9.89 Å². The third-order valence-electron chi connectivity index (χ3n) is 4.66. The highest BCUT2D eigenvalue weighted by Crippen LogP contribution is 2.08. The Morgan fingerprint density at radius 3 is 2.46 bits per heavy atom. The van der Waals surface area contributed by atoms with Gasteiger partial charge in [0.1, 0.15) is 0 Å². The molecule has 0 aliphatic heterocycles. The van der Waals surface area contributed by atoms with Crippen molar-refractivity contribution in [1.29, 1.82) is 0 Å². The number of guanidine groups is 1. The van der Waals surface area contributed by atoms with Crippen LogP contribution in [-0.2, 0) is 6.42 Å². The van der Waals surface area contributed by atoms with Gasteiger partial charge in [0.05, 0.1) is 18.4 Å². The van der Waals surface area contributed by atoms with Crippen LogP contribution in [0.2, 0.25) is 0 Å². The Kier molecular flexibility index (Phi) is 9.01. The van der Waals surface area contributed by atoms with Gasteiger partial charge in [-0.2, -0.15) is 5.10 Å². The Balaban J connectivity index is 1.83. The van der Waals surface area contributed by atoms with Gasteiger partial charge >= 0.3 is 0 Å². The van der Waals surface area contributed by atoms with Crippen LogP contribution in [0.15, 0.2) is 47.7 Å². The van der Waals surface area contributed by atoms with Gasteiger partial charge in [-0.25, -0.2) is 4.68 Å². The third kappa shape index (κ3) is 7.00. The lowest BCUT2D eigenvalue weighted by molar-refractivity contribution is 0.181. The van der Waals surface area contributed by atoms with Crippen molar-refractivity contribution in [2.75, 3.05) is 26.2 Å². The van der Waals surface area contributed by atoms with E-state index in [2.05, 4.69) is 73.6 Å². The molecule has 0 atom stereocenters. The molecule has 1 aromatic carbocycles. The van der Waals surface area contributed by atoms with Crippen molar-refractivity contribution in [2.45, 2.75) is 53.1 Å². The maximum absolute atomic E-state index is 4.73. The van der Waals surface area contributed by atoms with Crippen molar-refractivity contribution in [3.05, 3.63) is 48.3 Å². The maximum Gasteiger partial charge on any atom is 0.191 e. The highest BCUT2D eigenvalue weighted by Gasteiger charge is 2.12. The maximum atomic E-state index is 4.73. The molecule has 0 fully saturated rings. The van der Waals surface area contributed by atoms with Gasteiger partial charge in [-0.1, -0.05) is 18.2 Å². The number of hydrogen-bond donors (Lipinski definition) is 2. The van der Waals surface area contributed by atoms with Crippen LogP contribution in [0.25, 0.3) is 5.69 Å². The fourth-order valence-corrected chi connectivity index (χ4v) is 3.27. The van der Waals surface area contributed by atoms with Crippen molar-refractivity contribution in [2.24, 2.45) is 4.99 Å². The van der Waals surface area contributed by atoms with Crippen LogP contribution in [0.1, 0.15) is 40.2 Å². The fourth-order valence-electron chi connectivity index (χ4n) is 3.27. The lowest BCUT2D eigenvalue weighted by Gasteiger charge is -2.29. The monoisotopic (exact) mass is 384 g/mol. The average Bonchev–Trinajstić information content (AvgIpc) is 3.14. The van der Waals surface area contributed by atoms with E-state index in [-0.39, 0.29) is 0 Å². The molecule has 0 aliphatic rings. The second-order valence-corrected chi connectivity index (χ2v) is 7.49. The van der Waals surface area contributed by atoms with Crippen molar-refractivity contribution in [3.8, 4) is 5.69 Å². The van der Waals surface area contributed by atoms with Crippen LogP contribution >= 0.6 is 0 Å². The number of benzene rings is 1. The molecule has 0 saturated carbocycles. The Hall–Kier alpha value is -2.34. The molecule has 6 heteroatoms. The minimum absolute atomic E-state index is 0.534. The molecule has 1 heterocycles. The number of rotatable bonds is 10. The number of aromatic nitrogens is 2. The number of aliphatic imine (C=N–C) groups is 1. The van der Waals surface area contributed by atoms with Gasteiger partial charge < -0.3 is 10.6 Å². The summed E-state index contributed by atoms with van der Waals surface area (Å²) in [6.45, 7) is 14.5. The predicted molar refractivity (Wildman–Crippen MR) is 118 cm³/mol. The summed E-state index contributed by atoms with van der Waals surface area (Å²) in [5.41, 5.74) is 2.29. The molecule has 0 bridgehead atoms. The zero-order chi connectivity index (χ0) is 20.4. The van der Waals surface area contributed by atoms with E-state index in [0.29, 0.717) is 12.1 Å². The van der Waals surface area contributed by atoms with Crippen LogP contribution in [0.5, 0.6) is 0 Å². The van der Waals surface area contributed by atoms with E-state index in [9.17, 15) is 0 Å². The average molecular weight is 385 g/mol. The summed E-state index contributed by atoms with van der Waals surface area (Å²) < 4.78 is 1.92. The SMILES string of the molecule is CCNC(=NCCN(C(C)C)C(C)C)NCCc1cnn(-c2ccccc2)c1.